The molecule has 0 saturated carbocycles. The molecule has 2 aromatic rings. The highest BCUT2D eigenvalue weighted by Crippen LogP contribution is 2.18. The van der Waals surface area contributed by atoms with E-state index >= 15 is 0 Å². The molecule has 0 saturated heterocycles. The molecular weight excluding hydrogens is 302 g/mol. The number of thiazole rings is 1. The van der Waals surface area contributed by atoms with E-state index in [1.807, 2.05) is 13.8 Å². The van der Waals surface area contributed by atoms with Crippen molar-refractivity contribution in [1.82, 2.24) is 14.7 Å². The lowest BCUT2D eigenvalue weighted by Gasteiger charge is -2.27. The van der Waals surface area contributed by atoms with Gasteiger partial charge < -0.3 is 10.4 Å². The number of aromatic nitrogens is 2. The normalized spacial score (nSPS) is 11.8. The highest BCUT2D eigenvalue weighted by molar-refractivity contribution is 7.15. The molecule has 0 radical (unpaired) electrons. The van der Waals surface area contributed by atoms with Crippen LogP contribution < -0.4 is 10.9 Å². The van der Waals surface area contributed by atoms with Crippen molar-refractivity contribution in [3.05, 3.63) is 33.7 Å². The highest BCUT2D eigenvalue weighted by atomic mass is 32.1. The van der Waals surface area contributed by atoms with Crippen molar-refractivity contribution in [2.75, 3.05) is 6.54 Å². The molecule has 0 aliphatic rings. The van der Waals surface area contributed by atoms with Gasteiger partial charge in [0, 0.05) is 24.3 Å². The number of fused-ring (bicyclic) bond motifs is 1. The molecule has 120 valence electrons. The van der Waals surface area contributed by atoms with Crippen molar-refractivity contribution in [1.29, 1.82) is 0 Å². The molecule has 2 aromatic heterocycles. The molecule has 0 spiro atoms. The number of carbonyl (C=O) groups is 1. The molecule has 2 heterocycles. The molecule has 1 amide bonds. The van der Waals surface area contributed by atoms with Crippen molar-refractivity contribution in [2.45, 2.75) is 45.1 Å². The van der Waals surface area contributed by atoms with Gasteiger partial charge in [0.25, 0.3) is 11.5 Å². The largest absolute Gasteiger partial charge is 0.388 e. The quantitative estimate of drug-likeness (QED) is 0.814. The SMILES string of the molecule is CCCC(O)(CCC)CNC(=O)c1cnc2sccn2c1=O. The average molecular weight is 323 g/mol. The van der Waals surface area contributed by atoms with Gasteiger partial charge in [-0.05, 0) is 12.8 Å². The minimum atomic E-state index is -0.921. The van der Waals surface area contributed by atoms with E-state index in [0.29, 0.717) is 17.8 Å². The lowest BCUT2D eigenvalue weighted by atomic mass is 9.92. The standard InChI is InChI=1S/C15H21N3O3S/c1-3-5-15(21,6-4-2)10-17-12(19)11-9-16-14-18(13(11)20)7-8-22-14/h7-9,21H,3-6,10H2,1-2H3,(H,17,19). The van der Waals surface area contributed by atoms with Crippen molar-refractivity contribution in [2.24, 2.45) is 0 Å². The molecule has 0 aromatic carbocycles. The van der Waals surface area contributed by atoms with E-state index in [0.717, 1.165) is 12.8 Å². The number of nitrogens with one attached hydrogen (secondary N) is 1. The minimum absolute atomic E-state index is 0.00810. The molecule has 2 rings (SSSR count). The smallest absolute Gasteiger partial charge is 0.271 e. The van der Waals surface area contributed by atoms with Gasteiger partial charge in [-0.2, -0.15) is 0 Å². The number of carbonyl (C=O) groups excluding carboxylic acids is 1. The van der Waals surface area contributed by atoms with Crippen LogP contribution in [0.25, 0.3) is 4.96 Å². The Balaban J connectivity index is 2.13. The van der Waals surface area contributed by atoms with E-state index in [1.54, 1.807) is 11.6 Å². The first-order chi connectivity index (χ1) is 10.5. The summed E-state index contributed by atoms with van der Waals surface area (Å²) in [4.78, 5) is 29.1. The molecule has 0 unspecified atom stereocenters. The van der Waals surface area contributed by atoms with Gasteiger partial charge in [-0.1, -0.05) is 26.7 Å². The Labute approximate surface area is 132 Å². The Kier molecular flexibility index (Phi) is 5.31. The van der Waals surface area contributed by atoms with Gasteiger partial charge in [0.15, 0.2) is 4.96 Å². The van der Waals surface area contributed by atoms with Crippen molar-refractivity contribution < 1.29 is 9.90 Å². The summed E-state index contributed by atoms with van der Waals surface area (Å²) in [6.45, 7) is 4.12. The lowest BCUT2D eigenvalue weighted by Crippen LogP contribution is -2.44. The van der Waals surface area contributed by atoms with Gasteiger partial charge in [-0.15, -0.1) is 11.3 Å². The van der Waals surface area contributed by atoms with Gasteiger partial charge >= 0.3 is 0 Å². The van der Waals surface area contributed by atoms with Crippen LogP contribution in [0.2, 0.25) is 0 Å². The summed E-state index contributed by atoms with van der Waals surface area (Å²) in [5.74, 6) is -0.497. The van der Waals surface area contributed by atoms with E-state index in [-0.39, 0.29) is 12.1 Å². The predicted octanol–water partition coefficient (Wildman–Crippen LogP) is 1.82. The van der Waals surface area contributed by atoms with Crippen LogP contribution in [0.15, 0.2) is 22.6 Å². The summed E-state index contributed by atoms with van der Waals surface area (Å²) in [5.41, 5.74) is -1.32. The third-order valence-corrected chi connectivity index (χ3v) is 4.37. The van der Waals surface area contributed by atoms with Gasteiger partial charge in [0.1, 0.15) is 5.56 Å². The molecule has 2 N–H and O–H groups in total. The molecule has 22 heavy (non-hydrogen) atoms. The fraction of sp³-hybridized carbons (Fsp3) is 0.533. The first-order valence-electron chi connectivity index (χ1n) is 7.46. The van der Waals surface area contributed by atoms with Crippen LogP contribution in [-0.4, -0.2) is 32.5 Å². The monoisotopic (exact) mass is 323 g/mol. The zero-order chi connectivity index (χ0) is 16.2. The second-order valence-corrected chi connectivity index (χ2v) is 6.31. The van der Waals surface area contributed by atoms with Gasteiger partial charge in [0.2, 0.25) is 0 Å². The van der Waals surface area contributed by atoms with Crippen LogP contribution >= 0.6 is 11.3 Å². The van der Waals surface area contributed by atoms with E-state index in [4.69, 9.17) is 0 Å². The van der Waals surface area contributed by atoms with E-state index in [1.165, 1.54) is 21.9 Å². The number of amides is 1. The summed E-state index contributed by atoms with van der Waals surface area (Å²) < 4.78 is 1.35. The summed E-state index contributed by atoms with van der Waals surface area (Å²) in [7, 11) is 0. The Morgan fingerprint density at radius 3 is 2.73 bits per heavy atom. The zero-order valence-corrected chi connectivity index (χ0v) is 13.7. The maximum atomic E-state index is 12.2. The van der Waals surface area contributed by atoms with Crippen molar-refractivity contribution in [3.8, 4) is 0 Å². The predicted molar refractivity (Wildman–Crippen MR) is 86.4 cm³/mol. The Hall–Kier alpha value is -1.73. The van der Waals surface area contributed by atoms with Gasteiger partial charge in [-0.3, -0.25) is 14.0 Å². The first kappa shape index (κ1) is 16.6. The fourth-order valence-electron chi connectivity index (χ4n) is 2.55. The Morgan fingerprint density at radius 2 is 2.09 bits per heavy atom. The third-order valence-electron chi connectivity index (χ3n) is 3.60. The van der Waals surface area contributed by atoms with E-state index in [2.05, 4.69) is 10.3 Å². The molecule has 6 nitrogen and oxygen atoms in total. The maximum Gasteiger partial charge on any atom is 0.271 e. The molecule has 0 aliphatic heterocycles. The van der Waals surface area contributed by atoms with E-state index < -0.39 is 17.1 Å². The number of rotatable bonds is 7. The lowest BCUT2D eigenvalue weighted by molar-refractivity contribution is 0.0212. The van der Waals surface area contributed by atoms with Crippen LogP contribution in [0.5, 0.6) is 0 Å². The molecule has 0 atom stereocenters. The third kappa shape index (κ3) is 3.53. The number of hydrogen-bond donors (Lipinski definition) is 2. The Bertz CT molecular complexity index is 701. The number of aliphatic hydroxyl groups is 1. The van der Waals surface area contributed by atoms with Crippen LogP contribution in [0, 0.1) is 0 Å². The van der Waals surface area contributed by atoms with Gasteiger partial charge in [0.05, 0.1) is 5.60 Å². The molecule has 0 bridgehead atoms. The molecule has 0 fully saturated rings. The van der Waals surface area contributed by atoms with Crippen molar-refractivity contribution >= 4 is 22.2 Å². The molecule has 7 heteroatoms. The Morgan fingerprint density at radius 1 is 1.41 bits per heavy atom. The first-order valence-corrected chi connectivity index (χ1v) is 8.34. The summed E-state index contributed by atoms with van der Waals surface area (Å²) in [6, 6.07) is 0. The van der Waals surface area contributed by atoms with Crippen LogP contribution in [0.4, 0.5) is 0 Å². The molecular formula is C15H21N3O3S. The molecule has 0 aliphatic carbocycles. The summed E-state index contributed by atoms with van der Waals surface area (Å²) in [5, 5.41) is 14.9. The topological polar surface area (TPSA) is 83.7 Å². The minimum Gasteiger partial charge on any atom is -0.388 e. The summed E-state index contributed by atoms with van der Waals surface area (Å²) >= 11 is 1.33. The van der Waals surface area contributed by atoms with Crippen LogP contribution in [0.1, 0.15) is 49.9 Å². The number of nitrogens with zero attached hydrogens (tertiary/aromatic N) is 2. The number of hydrogen-bond acceptors (Lipinski definition) is 5. The average Bonchev–Trinajstić information content (AvgIpc) is 2.95. The maximum absolute atomic E-state index is 12.2. The van der Waals surface area contributed by atoms with Crippen molar-refractivity contribution in [3.63, 3.8) is 0 Å². The fourth-order valence-corrected chi connectivity index (χ4v) is 3.23. The van der Waals surface area contributed by atoms with Gasteiger partial charge in [-0.25, -0.2) is 4.98 Å². The van der Waals surface area contributed by atoms with Crippen LogP contribution in [0.3, 0.4) is 0 Å². The highest BCUT2D eigenvalue weighted by Gasteiger charge is 2.26. The second-order valence-electron chi connectivity index (χ2n) is 5.44. The second kappa shape index (κ2) is 7.02. The zero-order valence-electron chi connectivity index (χ0n) is 12.8. The van der Waals surface area contributed by atoms with E-state index in [9.17, 15) is 14.7 Å². The van der Waals surface area contributed by atoms with Crippen LogP contribution in [-0.2, 0) is 0 Å². The summed E-state index contributed by atoms with van der Waals surface area (Å²) in [6.07, 6.45) is 5.78.